The van der Waals surface area contributed by atoms with E-state index in [1.165, 1.54) is 0 Å². The van der Waals surface area contributed by atoms with Gasteiger partial charge >= 0.3 is 0 Å². The number of hydrogen-bond donors (Lipinski definition) is 2. The molecule has 0 bridgehead atoms. The van der Waals surface area contributed by atoms with Crippen LogP contribution in [0.25, 0.3) is 0 Å². The molecule has 1 aromatic heterocycles. The summed E-state index contributed by atoms with van der Waals surface area (Å²) in [4.78, 5) is 18.5. The number of unbranched alkanes of at least 4 members (excludes halogenated alkanes) is 2. The number of rotatable bonds is 8. The fourth-order valence-corrected chi connectivity index (χ4v) is 2.85. The molecule has 0 spiro atoms. The third kappa shape index (κ3) is 4.52. The Morgan fingerprint density at radius 2 is 2.00 bits per heavy atom. The molecule has 5 nitrogen and oxygen atoms in total. The van der Waals surface area contributed by atoms with Gasteiger partial charge in [-0.25, -0.2) is 0 Å². The lowest BCUT2D eigenvalue weighted by atomic mass is 10.0. The zero-order chi connectivity index (χ0) is 15.8. The van der Waals surface area contributed by atoms with Crippen LogP contribution in [0.5, 0.6) is 0 Å². The highest BCUT2D eigenvalue weighted by molar-refractivity contribution is 5.83. The summed E-state index contributed by atoms with van der Waals surface area (Å²) in [5.74, 6) is 0.0123. The lowest BCUT2D eigenvalue weighted by molar-refractivity contribution is -0.135. The highest BCUT2D eigenvalue weighted by Crippen LogP contribution is 2.20. The van der Waals surface area contributed by atoms with Gasteiger partial charge in [0.1, 0.15) is 12.1 Å². The maximum Gasteiger partial charge on any atom is 0.242 e. The Bertz CT molecular complexity index is 446. The van der Waals surface area contributed by atoms with E-state index in [4.69, 9.17) is 0 Å². The van der Waals surface area contributed by atoms with Crippen LogP contribution in [0.2, 0.25) is 0 Å². The number of aromatic nitrogens is 1. The van der Waals surface area contributed by atoms with Crippen LogP contribution < -0.4 is 5.32 Å². The lowest BCUT2D eigenvalue weighted by Crippen LogP contribution is -2.49. The molecule has 2 rings (SSSR count). The third-order valence-corrected chi connectivity index (χ3v) is 4.19. The predicted octanol–water partition coefficient (Wildman–Crippen LogP) is 1.89. The van der Waals surface area contributed by atoms with Crippen molar-refractivity contribution < 1.29 is 9.90 Å². The van der Waals surface area contributed by atoms with Crippen LogP contribution in [0.15, 0.2) is 24.5 Å². The smallest absolute Gasteiger partial charge is 0.242 e. The largest absolute Gasteiger partial charge is 0.386 e. The highest BCUT2D eigenvalue weighted by atomic mass is 16.3. The summed E-state index contributed by atoms with van der Waals surface area (Å²) in [6, 6.07) is 2.96. The van der Waals surface area contributed by atoms with E-state index in [2.05, 4.69) is 17.2 Å². The van der Waals surface area contributed by atoms with E-state index in [-0.39, 0.29) is 5.91 Å². The van der Waals surface area contributed by atoms with E-state index in [0.29, 0.717) is 0 Å². The summed E-state index contributed by atoms with van der Waals surface area (Å²) in [7, 11) is 0. The molecule has 1 fully saturated rings. The number of carbonyl (C=O) groups excluding carboxylic acids is 1. The van der Waals surface area contributed by atoms with Crippen LogP contribution in [-0.2, 0) is 4.79 Å². The molecule has 22 heavy (non-hydrogen) atoms. The molecule has 0 aromatic carbocycles. The average molecular weight is 305 g/mol. The average Bonchev–Trinajstić information content (AvgIpc) is 3.09. The molecule has 122 valence electrons. The number of nitrogens with one attached hydrogen (secondary N) is 1. The molecule has 2 atom stereocenters. The summed E-state index contributed by atoms with van der Waals surface area (Å²) in [5.41, 5.74) is 0.732. The molecular weight excluding hydrogens is 278 g/mol. The number of nitrogens with zero attached hydrogens (tertiary/aromatic N) is 2. The van der Waals surface area contributed by atoms with Gasteiger partial charge in [0, 0.05) is 25.5 Å². The van der Waals surface area contributed by atoms with Gasteiger partial charge in [-0.15, -0.1) is 0 Å². The zero-order valence-electron chi connectivity index (χ0n) is 13.4. The molecule has 2 heterocycles. The quantitative estimate of drug-likeness (QED) is 0.720. The first kappa shape index (κ1) is 16.9. The minimum absolute atomic E-state index is 0.0123. The van der Waals surface area contributed by atoms with Crippen molar-refractivity contribution in [2.24, 2.45) is 0 Å². The van der Waals surface area contributed by atoms with E-state index in [0.717, 1.165) is 57.3 Å². The van der Waals surface area contributed by atoms with Crippen LogP contribution in [0.1, 0.15) is 50.7 Å². The van der Waals surface area contributed by atoms with Crippen LogP contribution in [0.3, 0.4) is 0 Å². The molecule has 2 N–H and O–H groups in total. The maximum absolute atomic E-state index is 12.7. The Hall–Kier alpha value is -1.46. The molecule has 1 saturated heterocycles. The van der Waals surface area contributed by atoms with Gasteiger partial charge in [-0.3, -0.25) is 9.78 Å². The first-order chi connectivity index (χ1) is 10.7. The summed E-state index contributed by atoms with van der Waals surface area (Å²) in [6.07, 6.45) is 7.85. The van der Waals surface area contributed by atoms with Crippen LogP contribution >= 0.6 is 0 Å². The molecule has 1 amide bonds. The van der Waals surface area contributed by atoms with Gasteiger partial charge in [-0.1, -0.05) is 19.8 Å². The molecule has 1 aliphatic heterocycles. The summed E-state index contributed by atoms with van der Waals surface area (Å²) < 4.78 is 0. The van der Waals surface area contributed by atoms with Crippen molar-refractivity contribution in [1.29, 1.82) is 0 Å². The second kappa shape index (κ2) is 8.86. The van der Waals surface area contributed by atoms with E-state index < -0.39 is 12.1 Å². The number of aliphatic hydroxyl groups excluding tert-OH is 1. The van der Waals surface area contributed by atoms with Gasteiger partial charge in [0.05, 0.1) is 0 Å². The van der Waals surface area contributed by atoms with E-state index >= 15 is 0 Å². The van der Waals surface area contributed by atoms with Crippen LogP contribution in [0, 0.1) is 0 Å². The Labute approximate surface area is 132 Å². The standard InChI is InChI=1S/C17H27N3O2/c1-2-3-4-9-19-15(17(22)20-12-5-6-13-20)16(21)14-7-10-18-11-8-14/h7-8,10-11,15-16,19,21H,2-6,9,12-13H2,1H3. The van der Waals surface area contributed by atoms with Gasteiger partial charge in [0.2, 0.25) is 5.91 Å². The first-order valence-electron chi connectivity index (χ1n) is 8.34. The maximum atomic E-state index is 12.7. The number of amides is 1. The normalized spacial score (nSPS) is 17.5. The fourth-order valence-electron chi connectivity index (χ4n) is 2.85. The molecule has 0 radical (unpaired) electrons. The monoisotopic (exact) mass is 305 g/mol. The van der Waals surface area contributed by atoms with Crippen LogP contribution in [-0.4, -0.2) is 46.6 Å². The van der Waals surface area contributed by atoms with E-state index in [9.17, 15) is 9.90 Å². The lowest BCUT2D eigenvalue weighted by Gasteiger charge is -2.28. The number of likely N-dealkylation sites (tertiary alicyclic amines) is 1. The van der Waals surface area contributed by atoms with Crippen molar-refractivity contribution in [2.45, 2.75) is 51.2 Å². The van der Waals surface area contributed by atoms with Crippen molar-refractivity contribution in [1.82, 2.24) is 15.2 Å². The Kier molecular flexibility index (Phi) is 6.80. The van der Waals surface area contributed by atoms with Crippen LogP contribution in [0.4, 0.5) is 0 Å². The molecule has 2 unspecified atom stereocenters. The topological polar surface area (TPSA) is 65.5 Å². The van der Waals surface area contributed by atoms with E-state index in [1.54, 1.807) is 24.5 Å². The van der Waals surface area contributed by atoms with Gasteiger partial charge in [-0.2, -0.15) is 0 Å². The third-order valence-electron chi connectivity index (χ3n) is 4.19. The number of pyridine rings is 1. The molecule has 1 aliphatic rings. The minimum atomic E-state index is -0.835. The van der Waals surface area contributed by atoms with Crippen molar-refractivity contribution in [3.05, 3.63) is 30.1 Å². The van der Waals surface area contributed by atoms with Gasteiger partial charge < -0.3 is 15.3 Å². The first-order valence-corrected chi connectivity index (χ1v) is 8.34. The van der Waals surface area contributed by atoms with Crippen molar-refractivity contribution in [3.8, 4) is 0 Å². The molecule has 0 saturated carbocycles. The second-order valence-electron chi connectivity index (χ2n) is 5.90. The van der Waals surface area contributed by atoms with Crippen molar-refractivity contribution >= 4 is 5.91 Å². The number of carbonyl (C=O) groups is 1. The second-order valence-corrected chi connectivity index (χ2v) is 5.90. The fraction of sp³-hybridized carbons (Fsp3) is 0.647. The molecule has 5 heteroatoms. The Balaban J connectivity index is 2.04. The van der Waals surface area contributed by atoms with Crippen molar-refractivity contribution in [3.63, 3.8) is 0 Å². The van der Waals surface area contributed by atoms with Gasteiger partial charge in [-0.05, 0) is 43.5 Å². The van der Waals surface area contributed by atoms with Gasteiger partial charge in [0.15, 0.2) is 0 Å². The minimum Gasteiger partial charge on any atom is -0.386 e. The Morgan fingerprint density at radius 1 is 1.32 bits per heavy atom. The number of hydrogen-bond acceptors (Lipinski definition) is 4. The Morgan fingerprint density at radius 3 is 2.64 bits per heavy atom. The predicted molar refractivity (Wildman–Crippen MR) is 86.3 cm³/mol. The molecular formula is C17H27N3O2. The van der Waals surface area contributed by atoms with Crippen molar-refractivity contribution in [2.75, 3.05) is 19.6 Å². The van der Waals surface area contributed by atoms with Gasteiger partial charge in [0.25, 0.3) is 0 Å². The number of aliphatic hydroxyl groups is 1. The molecule has 1 aromatic rings. The zero-order valence-corrected chi connectivity index (χ0v) is 13.4. The highest BCUT2D eigenvalue weighted by Gasteiger charge is 2.32. The SMILES string of the molecule is CCCCCNC(C(=O)N1CCCC1)C(O)c1ccncc1. The summed E-state index contributed by atoms with van der Waals surface area (Å²) in [5, 5.41) is 13.9. The molecule has 0 aliphatic carbocycles. The summed E-state index contributed by atoms with van der Waals surface area (Å²) in [6.45, 7) is 4.50. The van der Waals surface area contributed by atoms with E-state index in [1.807, 2.05) is 4.90 Å². The summed E-state index contributed by atoms with van der Waals surface area (Å²) >= 11 is 0.